The minimum atomic E-state index is 0. The Balaban J connectivity index is 0.00000242. The van der Waals surface area contributed by atoms with Gasteiger partial charge in [0, 0.05) is 6.04 Å². The molecule has 1 unspecified atom stereocenters. The van der Waals surface area contributed by atoms with Gasteiger partial charge in [-0.25, -0.2) is 0 Å². The Morgan fingerprint density at radius 3 is 2.18 bits per heavy atom. The summed E-state index contributed by atoms with van der Waals surface area (Å²) in [5.41, 5.74) is 4.16. The Bertz CT molecular complexity index is 536. The van der Waals surface area contributed by atoms with Gasteiger partial charge in [-0.05, 0) is 42.0 Å². The molecule has 1 nitrogen and oxygen atoms in total. The molecule has 0 saturated heterocycles. The van der Waals surface area contributed by atoms with Crippen LogP contribution in [0.4, 0.5) is 0 Å². The third-order valence-electron chi connectivity index (χ3n) is 3.94. The molecule has 0 spiro atoms. The molecule has 120 valence electrons. The average Bonchev–Trinajstić information content (AvgIpc) is 2.52. The molecule has 2 aromatic rings. The summed E-state index contributed by atoms with van der Waals surface area (Å²) in [7, 11) is 0. The van der Waals surface area contributed by atoms with Crippen molar-refractivity contribution in [2.75, 3.05) is 6.54 Å². The molecule has 0 bridgehead atoms. The highest BCUT2D eigenvalue weighted by Gasteiger charge is 2.11. The molecule has 0 fully saturated rings. The topological polar surface area (TPSA) is 12.0 Å². The van der Waals surface area contributed by atoms with Gasteiger partial charge < -0.3 is 5.32 Å². The van der Waals surface area contributed by atoms with Gasteiger partial charge in [0.05, 0.1) is 0 Å². The van der Waals surface area contributed by atoms with Crippen molar-refractivity contribution in [3.8, 4) is 11.1 Å². The zero-order valence-corrected chi connectivity index (χ0v) is 14.7. The second-order valence-electron chi connectivity index (χ2n) is 6.11. The molecule has 22 heavy (non-hydrogen) atoms. The summed E-state index contributed by atoms with van der Waals surface area (Å²) >= 11 is 0. The minimum Gasteiger partial charge on any atom is -0.315 e. The molecule has 0 aliphatic rings. The maximum atomic E-state index is 3.50. The molecule has 0 amide bonds. The Morgan fingerprint density at radius 1 is 0.864 bits per heavy atom. The fraction of sp³-hybridized carbons (Fsp3) is 0.400. The SMILES string of the molecule is CC(C)NCCCC(C)c1ccccc1-c1ccccc1.Cl. The second-order valence-corrected chi connectivity index (χ2v) is 6.11. The van der Waals surface area contributed by atoms with E-state index in [-0.39, 0.29) is 12.4 Å². The third kappa shape index (κ3) is 5.47. The van der Waals surface area contributed by atoms with Gasteiger partial charge in [0.1, 0.15) is 0 Å². The zero-order valence-electron chi connectivity index (χ0n) is 13.9. The van der Waals surface area contributed by atoms with Crippen molar-refractivity contribution >= 4 is 12.4 Å². The van der Waals surface area contributed by atoms with Gasteiger partial charge in [-0.15, -0.1) is 12.4 Å². The average molecular weight is 318 g/mol. The van der Waals surface area contributed by atoms with Crippen molar-refractivity contribution in [2.45, 2.75) is 45.6 Å². The summed E-state index contributed by atoms with van der Waals surface area (Å²) in [5, 5.41) is 3.50. The highest BCUT2D eigenvalue weighted by atomic mass is 35.5. The molecule has 1 atom stereocenters. The predicted octanol–water partition coefficient (Wildman–Crippen LogP) is 5.66. The lowest BCUT2D eigenvalue weighted by Crippen LogP contribution is -2.23. The maximum Gasteiger partial charge on any atom is 0.00103 e. The van der Waals surface area contributed by atoms with Gasteiger partial charge in [-0.1, -0.05) is 75.4 Å². The van der Waals surface area contributed by atoms with Crippen LogP contribution in [-0.4, -0.2) is 12.6 Å². The van der Waals surface area contributed by atoms with E-state index in [9.17, 15) is 0 Å². The van der Waals surface area contributed by atoms with Crippen molar-refractivity contribution in [1.82, 2.24) is 5.32 Å². The number of nitrogens with one attached hydrogen (secondary N) is 1. The molecule has 2 heteroatoms. The minimum absolute atomic E-state index is 0. The van der Waals surface area contributed by atoms with Gasteiger partial charge in [0.25, 0.3) is 0 Å². The lowest BCUT2D eigenvalue weighted by atomic mass is 9.89. The molecule has 0 aromatic heterocycles. The summed E-state index contributed by atoms with van der Waals surface area (Å²) in [4.78, 5) is 0. The highest BCUT2D eigenvalue weighted by Crippen LogP contribution is 2.31. The van der Waals surface area contributed by atoms with E-state index in [4.69, 9.17) is 0 Å². The molecule has 2 rings (SSSR count). The summed E-state index contributed by atoms with van der Waals surface area (Å²) < 4.78 is 0. The van der Waals surface area contributed by atoms with E-state index in [1.54, 1.807) is 0 Å². The Labute approximate surface area is 141 Å². The summed E-state index contributed by atoms with van der Waals surface area (Å²) in [6.07, 6.45) is 2.45. The monoisotopic (exact) mass is 317 g/mol. The lowest BCUT2D eigenvalue weighted by molar-refractivity contribution is 0.536. The number of benzene rings is 2. The molecule has 0 aliphatic heterocycles. The molecule has 2 aromatic carbocycles. The number of hydrogen-bond donors (Lipinski definition) is 1. The predicted molar refractivity (Wildman–Crippen MR) is 99.9 cm³/mol. The molecular formula is C20H28ClN. The first-order chi connectivity index (χ1) is 10.2. The van der Waals surface area contributed by atoms with E-state index < -0.39 is 0 Å². The van der Waals surface area contributed by atoms with E-state index in [0.29, 0.717) is 12.0 Å². The van der Waals surface area contributed by atoms with Crippen LogP contribution in [0.1, 0.15) is 45.1 Å². The van der Waals surface area contributed by atoms with Crippen molar-refractivity contribution in [2.24, 2.45) is 0 Å². The van der Waals surface area contributed by atoms with Crippen LogP contribution in [0.5, 0.6) is 0 Å². The van der Waals surface area contributed by atoms with Crippen LogP contribution >= 0.6 is 12.4 Å². The molecule has 0 saturated carbocycles. The lowest BCUT2D eigenvalue weighted by Gasteiger charge is -2.17. The molecule has 0 radical (unpaired) electrons. The van der Waals surface area contributed by atoms with E-state index in [1.807, 2.05) is 0 Å². The van der Waals surface area contributed by atoms with Crippen LogP contribution in [0, 0.1) is 0 Å². The number of hydrogen-bond acceptors (Lipinski definition) is 1. The van der Waals surface area contributed by atoms with Crippen LogP contribution < -0.4 is 5.32 Å². The summed E-state index contributed by atoms with van der Waals surface area (Å²) in [6, 6.07) is 20.1. The number of rotatable bonds is 7. The van der Waals surface area contributed by atoms with Crippen molar-refractivity contribution in [3.63, 3.8) is 0 Å². The van der Waals surface area contributed by atoms with Crippen LogP contribution in [0.2, 0.25) is 0 Å². The molecule has 0 heterocycles. The quantitative estimate of drug-likeness (QED) is 0.650. The molecule has 1 N–H and O–H groups in total. The standard InChI is InChI=1S/C20H27N.ClH/c1-16(2)21-15-9-10-17(3)19-13-7-8-14-20(19)18-11-5-4-6-12-18;/h4-8,11-14,16-17,21H,9-10,15H2,1-3H3;1H. The second kappa shape index (κ2) is 9.66. The first-order valence-corrected chi connectivity index (χ1v) is 8.06. The normalized spacial score (nSPS) is 12.0. The maximum absolute atomic E-state index is 3.50. The smallest absolute Gasteiger partial charge is 0.00103 e. The first-order valence-electron chi connectivity index (χ1n) is 8.06. The Morgan fingerprint density at radius 2 is 1.50 bits per heavy atom. The van der Waals surface area contributed by atoms with Gasteiger partial charge >= 0.3 is 0 Å². The van der Waals surface area contributed by atoms with Gasteiger partial charge in [0.15, 0.2) is 0 Å². The van der Waals surface area contributed by atoms with Crippen molar-refractivity contribution in [3.05, 3.63) is 60.2 Å². The van der Waals surface area contributed by atoms with Crippen LogP contribution in [0.3, 0.4) is 0 Å². The summed E-state index contributed by atoms with van der Waals surface area (Å²) in [6.45, 7) is 7.86. The first kappa shape index (κ1) is 18.7. The Hall–Kier alpha value is -1.31. The van der Waals surface area contributed by atoms with E-state index in [0.717, 1.165) is 6.54 Å². The molecular weight excluding hydrogens is 290 g/mol. The largest absolute Gasteiger partial charge is 0.315 e. The fourth-order valence-electron chi connectivity index (χ4n) is 2.76. The highest BCUT2D eigenvalue weighted by molar-refractivity contribution is 5.85. The zero-order chi connectivity index (χ0) is 15.1. The fourth-order valence-corrected chi connectivity index (χ4v) is 2.76. The van der Waals surface area contributed by atoms with Crippen LogP contribution in [-0.2, 0) is 0 Å². The van der Waals surface area contributed by atoms with E-state index in [2.05, 4.69) is 80.7 Å². The van der Waals surface area contributed by atoms with E-state index >= 15 is 0 Å². The van der Waals surface area contributed by atoms with Crippen molar-refractivity contribution < 1.29 is 0 Å². The van der Waals surface area contributed by atoms with E-state index in [1.165, 1.54) is 29.5 Å². The Kier molecular flexibility index (Phi) is 8.22. The van der Waals surface area contributed by atoms with Crippen molar-refractivity contribution in [1.29, 1.82) is 0 Å². The third-order valence-corrected chi connectivity index (χ3v) is 3.94. The molecule has 0 aliphatic carbocycles. The van der Waals surface area contributed by atoms with Gasteiger partial charge in [-0.3, -0.25) is 0 Å². The van der Waals surface area contributed by atoms with Crippen LogP contribution in [0.25, 0.3) is 11.1 Å². The van der Waals surface area contributed by atoms with Crippen LogP contribution in [0.15, 0.2) is 54.6 Å². The number of halogens is 1. The van der Waals surface area contributed by atoms with Gasteiger partial charge in [-0.2, -0.15) is 0 Å². The summed E-state index contributed by atoms with van der Waals surface area (Å²) in [5.74, 6) is 0.593. The van der Waals surface area contributed by atoms with Gasteiger partial charge in [0.2, 0.25) is 0 Å².